The van der Waals surface area contributed by atoms with Crippen molar-refractivity contribution in [3.63, 3.8) is 0 Å². The Labute approximate surface area is 140 Å². The van der Waals surface area contributed by atoms with Gasteiger partial charge in [-0.3, -0.25) is 14.4 Å². The summed E-state index contributed by atoms with van der Waals surface area (Å²) in [7, 11) is 0. The molecule has 6 heteroatoms. The maximum absolute atomic E-state index is 12.4. The molecule has 2 atom stereocenters. The highest BCUT2D eigenvalue weighted by Crippen LogP contribution is 2.31. The second-order valence-corrected chi connectivity index (χ2v) is 7.02. The SMILES string of the molecule is CC1(C(=O)O)CCN(C(=O)CCC2Cc3ccccc3NC2=O)C1. The summed E-state index contributed by atoms with van der Waals surface area (Å²) in [5, 5.41) is 12.1. The summed E-state index contributed by atoms with van der Waals surface area (Å²) >= 11 is 0. The summed E-state index contributed by atoms with van der Waals surface area (Å²) < 4.78 is 0. The van der Waals surface area contributed by atoms with Crippen molar-refractivity contribution < 1.29 is 19.5 Å². The molecule has 0 spiro atoms. The van der Waals surface area contributed by atoms with Gasteiger partial charge in [-0.25, -0.2) is 0 Å². The van der Waals surface area contributed by atoms with Crippen molar-refractivity contribution in [2.24, 2.45) is 11.3 Å². The van der Waals surface area contributed by atoms with Crippen LogP contribution in [0.5, 0.6) is 0 Å². The van der Waals surface area contributed by atoms with Crippen molar-refractivity contribution >= 4 is 23.5 Å². The highest BCUT2D eigenvalue weighted by molar-refractivity contribution is 5.96. The number of hydrogen-bond donors (Lipinski definition) is 2. The Morgan fingerprint density at radius 3 is 2.83 bits per heavy atom. The molecule has 3 rings (SSSR count). The van der Waals surface area contributed by atoms with Gasteiger partial charge in [0.2, 0.25) is 11.8 Å². The van der Waals surface area contributed by atoms with Crippen molar-refractivity contribution in [3.05, 3.63) is 29.8 Å². The number of hydrogen-bond acceptors (Lipinski definition) is 3. The molecule has 0 aromatic heterocycles. The van der Waals surface area contributed by atoms with E-state index in [-0.39, 0.29) is 30.7 Å². The lowest BCUT2D eigenvalue weighted by Crippen LogP contribution is -2.36. The molecule has 2 unspecified atom stereocenters. The molecular weight excluding hydrogens is 308 g/mol. The van der Waals surface area contributed by atoms with Crippen LogP contribution in [-0.4, -0.2) is 40.9 Å². The first-order valence-corrected chi connectivity index (χ1v) is 8.29. The number of aliphatic carboxylic acids is 1. The Kier molecular flexibility index (Phi) is 4.30. The summed E-state index contributed by atoms with van der Waals surface area (Å²) in [5.41, 5.74) is 1.09. The van der Waals surface area contributed by atoms with Crippen molar-refractivity contribution in [3.8, 4) is 0 Å². The number of amides is 2. The minimum atomic E-state index is -0.860. The summed E-state index contributed by atoms with van der Waals surface area (Å²) in [5.74, 6) is -1.18. The topological polar surface area (TPSA) is 86.7 Å². The molecule has 128 valence electrons. The predicted octanol–water partition coefficient (Wildman–Crippen LogP) is 1.90. The number of benzene rings is 1. The molecule has 0 aliphatic carbocycles. The molecule has 2 N–H and O–H groups in total. The average molecular weight is 330 g/mol. The van der Waals surface area contributed by atoms with E-state index in [1.54, 1.807) is 11.8 Å². The Morgan fingerprint density at radius 2 is 2.12 bits per heavy atom. The quantitative estimate of drug-likeness (QED) is 0.883. The van der Waals surface area contributed by atoms with Crippen LogP contribution in [0.2, 0.25) is 0 Å². The van der Waals surface area contributed by atoms with Gasteiger partial charge in [-0.2, -0.15) is 0 Å². The molecule has 0 radical (unpaired) electrons. The van der Waals surface area contributed by atoms with Crippen LogP contribution >= 0.6 is 0 Å². The number of fused-ring (bicyclic) bond motifs is 1. The highest BCUT2D eigenvalue weighted by Gasteiger charge is 2.42. The Hall–Kier alpha value is -2.37. The van der Waals surface area contributed by atoms with Crippen LogP contribution in [0.15, 0.2) is 24.3 Å². The van der Waals surface area contributed by atoms with E-state index in [1.165, 1.54) is 0 Å². The standard InChI is InChI=1S/C18H22N2O4/c1-18(17(23)24)8-9-20(11-18)15(21)7-6-13-10-12-4-2-3-5-14(12)19-16(13)22/h2-5,13H,6-11H2,1H3,(H,19,22)(H,23,24). The molecule has 1 saturated heterocycles. The number of nitrogens with zero attached hydrogens (tertiary/aromatic N) is 1. The van der Waals surface area contributed by atoms with Crippen LogP contribution in [0.4, 0.5) is 5.69 Å². The lowest BCUT2D eigenvalue weighted by molar-refractivity contribution is -0.147. The van der Waals surface area contributed by atoms with Gasteiger partial charge in [0.15, 0.2) is 0 Å². The van der Waals surface area contributed by atoms with Gasteiger partial charge in [0.25, 0.3) is 0 Å². The number of carboxylic acid groups (broad SMARTS) is 1. The molecule has 0 bridgehead atoms. The van der Waals surface area contributed by atoms with E-state index in [1.807, 2.05) is 24.3 Å². The third-order valence-electron chi connectivity index (χ3n) is 5.16. The largest absolute Gasteiger partial charge is 0.481 e. The summed E-state index contributed by atoms with van der Waals surface area (Å²) in [6.07, 6.45) is 1.88. The van der Waals surface area contributed by atoms with E-state index in [2.05, 4.69) is 5.32 Å². The molecule has 24 heavy (non-hydrogen) atoms. The molecular formula is C18H22N2O4. The second-order valence-electron chi connectivity index (χ2n) is 7.02. The number of anilines is 1. The molecule has 2 aliphatic rings. The number of nitrogens with one attached hydrogen (secondary N) is 1. The second kappa shape index (κ2) is 6.26. The Balaban J connectivity index is 1.56. The summed E-state index contributed by atoms with van der Waals surface area (Å²) in [6.45, 7) is 2.40. The van der Waals surface area contributed by atoms with Crippen molar-refractivity contribution in [1.82, 2.24) is 4.90 Å². The molecule has 1 aromatic carbocycles. The van der Waals surface area contributed by atoms with E-state index in [4.69, 9.17) is 0 Å². The fourth-order valence-electron chi connectivity index (χ4n) is 3.45. The molecule has 1 aromatic rings. The Bertz CT molecular complexity index is 687. The number of rotatable bonds is 4. The molecule has 2 aliphatic heterocycles. The molecule has 2 amide bonds. The fourth-order valence-corrected chi connectivity index (χ4v) is 3.45. The lowest BCUT2D eigenvalue weighted by atomic mass is 9.89. The Morgan fingerprint density at radius 1 is 1.38 bits per heavy atom. The van der Waals surface area contributed by atoms with Gasteiger partial charge >= 0.3 is 5.97 Å². The molecule has 1 fully saturated rings. The van der Waals surface area contributed by atoms with Crippen LogP contribution in [-0.2, 0) is 20.8 Å². The molecule has 2 heterocycles. The van der Waals surface area contributed by atoms with Crippen LogP contribution < -0.4 is 5.32 Å². The first-order valence-electron chi connectivity index (χ1n) is 8.29. The van der Waals surface area contributed by atoms with Crippen LogP contribution in [0.25, 0.3) is 0 Å². The van der Waals surface area contributed by atoms with Gasteiger partial charge < -0.3 is 15.3 Å². The van der Waals surface area contributed by atoms with Gasteiger partial charge in [-0.1, -0.05) is 18.2 Å². The van der Waals surface area contributed by atoms with Crippen LogP contribution in [0.1, 0.15) is 31.7 Å². The first-order chi connectivity index (χ1) is 11.4. The van der Waals surface area contributed by atoms with Gasteiger partial charge in [-0.05, 0) is 37.8 Å². The number of likely N-dealkylation sites (tertiary alicyclic amines) is 1. The monoisotopic (exact) mass is 330 g/mol. The van der Waals surface area contributed by atoms with E-state index in [0.29, 0.717) is 25.8 Å². The summed E-state index contributed by atoms with van der Waals surface area (Å²) in [6, 6.07) is 7.69. The van der Waals surface area contributed by atoms with Gasteiger partial charge in [0, 0.05) is 31.1 Å². The van der Waals surface area contributed by atoms with E-state index in [0.717, 1.165) is 11.3 Å². The number of carbonyl (C=O) groups excluding carboxylic acids is 2. The van der Waals surface area contributed by atoms with E-state index < -0.39 is 11.4 Å². The minimum Gasteiger partial charge on any atom is -0.481 e. The van der Waals surface area contributed by atoms with Crippen molar-refractivity contribution in [1.29, 1.82) is 0 Å². The predicted molar refractivity (Wildman–Crippen MR) is 88.4 cm³/mol. The fraction of sp³-hybridized carbons (Fsp3) is 0.500. The van der Waals surface area contributed by atoms with E-state index >= 15 is 0 Å². The number of carbonyl (C=O) groups is 3. The normalized spacial score (nSPS) is 26.0. The first kappa shape index (κ1) is 16.5. The molecule has 6 nitrogen and oxygen atoms in total. The van der Waals surface area contributed by atoms with Crippen LogP contribution in [0.3, 0.4) is 0 Å². The zero-order valence-corrected chi connectivity index (χ0v) is 13.7. The maximum atomic E-state index is 12.4. The zero-order chi connectivity index (χ0) is 17.3. The third kappa shape index (κ3) is 3.13. The van der Waals surface area contributed by atoms with Crippen molar-refractivity contribution in [2.75, 3.05) is 18.4 Å². The van der Waals surface area contributed by atoms with Crippen LogP contribution in [0, 0.1) is 11.3 Å². The third-order valence-corrected chi connectivity index (χ3v) is 5.16. The summed E-state index contributed by atoms with van der Waals surface area (Å²) in [4.78, 5) is 37.4. The highest BCUT2D eigenvalue weighted by atomic mass is 16.4. The zero-order valence-electron chi connectivity index (χ0n) is 13.7. The lowest BCUT2D eigenvalue weighted by Gasteiger charge is -2.25. The van der Waals surface area contributed by atoms with Crippen molar-refractivity contribution in [2.45, 2.75) is 32.6 Å². The van der Waals surface area contributed by atoms with Gasteiger partial charge in [0.05, 0.1) is 5.41 Å². The smallest absolute Gasteiger partial charge is 0.311 e. The van der Waals surface area contributed by atoms with Gasteiger partial charge in [-0.15, -0.1) is 0 Å². The number of para-hydroxylation sites is 1. The maximum Gasteiger partial charge on any atom is 0.311 e. The minimum absolute atomic E-state index is 0.0432. The number of carboxylic acids is 1. The molecule has 0 saturated carbocycles. The average Bonchev–Trinajstić information content (AvgIpc) is 2.96. The van der Waals surface area contributed by atoms with E-state index in [9.17, 15) is 19.5 Å². The van der Waals surface area contributed by atoms with Gasteiger partial charge in [0.1, 0.15) is 0 Å².